The van der Waals surface area contributed by atoms with Gasteiger partial charge in [0, 0.05) is 24.9 Å². The number of carbonyl (C=O) groups excluding carboxylic acids is 1. The molecule has 1 aliphatic carbocycles. The van der Waals surface area contributed by atoms with Crippen molar-refractivity contribution in [3.8, 4) is 17.0 Å². The SMILES string of the molecule is CCC(CO)CNC(=O)c1cc(-c2ccc(F)cc2)cnc1OCC1CC1. The van der Waals surface area contributed by atoms with Crippen molar-refractivity contribution in [3.63, 3.8) is 0 Å². The van der Waals surface area contributed by atoms with Gasteiger partial charge in [0.15, 0.2) is 0 Å². The van der Waals surface area contributed by atoms with Crippen LogP contribution in [0.4, 0.5) is 4.39 Å². The summed E-state index contributed by atoms with van der Waals surface area (Å²) in [5, 5.41) is 12.2. The molecule has 0 aliphatic heterocycles. The van der Waals surface area contributed by atoms with Crippen molar-refractivity contribution in [3.05, 3.63) is 47.9 Å². The second kappa shape index (κ2) is 8.95. The quantitative estimate of drug-likeness (QED) is 0.707. The van der Waals surface area contributed by atoms with Gasteiger partial charge in [0.05, 0.1) is 6.61 Å². The molecule has 1 unspecified atom stereocenters. The molecule has 1 saturated carbocycles. The molecule has 3 rings (SSSR count). The molecule has 2 N–H and O–H groups in total. The Morgan fingerprint density at radius 3 is 2.70 bits per heavy atom. The number of benzene rings is 1. The molecule has 1 aromatic heterocycles. The van der Waals surface area contributed by atoms with Crippen molar-refractivity contribution in [1.82, 2.24) is 10.3 Å². The molecule has 6 heteroatoms. The summed E-state index contributed by atoms with van der Waals surface area (Å²) in [5.41, 5.74) is 1.84. The Hall–Kier alpha value is -2.47. The third-order valence-corrected chi connectivity index (χ3v) is 4.81. The number of aromatic nitrogens is 1. The van der Waals surface area contributed by atoms with Crippen molar-refractivity contribution >= 4 is 5.91 Å². The van der Waals surface area contributed by atoms with E-state index < -0.39 is 0 Å². The van der Waals surface area contributed by atoms with Crippen LogP contribution in [0.3, 0.4) is 0 Å². The van der Waals surface area contributed by atoms with Gasteiger partial charge in [-0.2, -0.15) is 0 Å². The number of aliphatic hydroxyl groups is 1. The minimum atomic E-state index is -0.316. The van der Waals surface area contributed by atoms with E-state index in [1.807, 2.05) is 6.92 Å². The number of amides is 1. The number of ether oxygens (including phenoxy) is 1. The van der Waals surface area contributed by atoms with E-state index in [1.54, 1.807) is 24.4 Å². The van der Waals surface area contributed by atoms with Crippen LogP contribution in [0.15, 0.2) is 36.5 Å². The third kappa shape index (κ3) is 5.26. The topological polar surface area (TPSA) is 71.5 Å². The highest BCUT2D eigenvalue weighted by Crippen LogP contribution is 2.31. The van der Waals surface area contributed by atoms with Gasteiger partial charge in [-0.05, 0) is 54.9 Å². The summed E-state index contributed by atoms with van der Waals surface area (Å²) in [5.74, 6) is 0.256. The van der Waals surface area contributed by atoms with Crippen LogP contribution in [0.25, 0.3) is 11.1 Å². The number of nitrogens with zero attached hydrogens (tertiary/aromatic N) is 1. The van der Waals surface area contributed by atoms with Gasteiger partial charge >= 0.3 is 0 Å². The lowest BCUT2D eigenvalue weighted by Gasteiger charge is -2.15. The zero-order chi connectivity index (χ0) is 19.2. The number of halogens is 1. The minimum absolute atomic E-state index is 0.0121. The van der Waals surface area contributed by atoms with Gasteiger partial charge in [0.25, 0.3) is 5.91 Å². The second-order valence-electron chi connectivity index (χ2n) is 7.00. The average Bonchev–Trinajstić information content (AvgIpc) is 3.52. The molecule has 0 bridgehead atoms. The molecule has 27 heavy (non-hydrogen) atoms. The zero-order valence-corrected chi connectivity index (χ0v) is 15.5. The van der Waals surface area contributed by atoms with Crippen LogP contribution in [0.2, 0.25) is 0 Å². The Bertz CT molecular complexity index is 771. The summed E-state index contributed by atoms with van der Waals surface area (Å²) in [4.78, 5) is 17.1. The molecule has 1 aromatic carbocycles. The molecule has 1 atom stereocenters. The van der Waals surface area contributed by atoms with Crippen LogP contribution < -0.4 is 10.1 Å². The Balaban J connectivity index is 1.82. The Morgan fingerprint density at radius 1 is 1.33 bits per heavy atom. The number of nitrogens with one attached hydrogen (secondary N) is 1. The molecule has 1 amide bonds. The Kier molecular flexibility index (Phi) is 6.40. The van der Waals surface area contributed by atoms with Crippen LogP contribution in [0.1, 0.15) is 36.5 Å². The van der Waals surface area contributed by atoms with E-state index in [-0.39, 0.29) is 24.2 Å². The maximum atomic E-state index is 13.2. The zero-order valence-electron chi connectivity index (χ0n) is 15.5. The van der Waals surface area contributed by atoms with Gasteiger partial charge in [-0.25, -0.2) is 9.37 Å². The van der Waals surface area contributed by atoms with Crippen molar-refractivity contribution < 1.29 is 19.0 Å². The molecule has 1 fully saturated rings. The second-order valence-corrected chi connectivity index (χ2v) is 7.00. The summed E-state index contributed by atoms with van der Waals surface area (Å²) < 4.78 is 18.9. The first-order valence-corrected chi connectivity index (χ1v) is 9.38. The van der Waals surface area contributed by atoms with Gasteiger partial charge in [-0.15, -0.1) is 0 Å². The maximum Gasteiger partial charge on any atom is 0.256 e. The average molecular weight is 372 g/mol. The molecule has 2 aromatic rings. The lowest BCUT2D eigenvalue weighted by Crippen LogP contribution is -2.31. The fraction of sp³-hybridized carbons (Fsp3) is 0.429. The molecule has 144 valence electrons. The van der Waals surface area contributed by atoms with Crippen molar-refractivity contribution in [2.24, 2.45) is 11.8 Å². The molecule has 0 radical (unpaired) electrons. The fourth-order valence-corrected chi connectivity index (χ4v) is 2.68. The summed E-state index contributed by atoms with van der Waals surface area (Å²) in [6.45, 7) is 2.93. The first-order valence-electron chi connectivity index (χ1n) is 9.38. The van der Waals surface area contributed by atoms with E-state index in [0.29, 0.717) is 36.1 Å². The van der Waals surface area contributed by atoms with Gasteiger partial charge in [-0.1, -0.05) is 19.1 Å². The lowest BCUT2D eigenvalue weighted by molar-refractivity contribution is 0.0934. The van der Waals surface area contributed by atoms with E-state index in [2.05, 4.69) is 10.3 Å². The summed E-state index contributed by atoms with van der Waals surface area (Å²) in [6.07, 6.45) is 4.69. The third-order valence-electron chi connectivity index (χ3n) is 4.81. The van der Waals surface area contributed by atoms with Crippen molar-refractivity contribution in [2.75, 3.05) is 19.8 Å². The molecule has 0 spiro atoms. The van der Waals surface area contributed by atoms with Gasteiger partial charge in [0.1, 0.15) is 11.4 Å². The van der Waals surface area contributed by atoms with Crippen LogP contribution in [0.5, 0.6) is 5.88 Å². The smallest absolute Gasteiger partial charge is 0.256 e. The summed E-state index contributed by atoms with van der Waals surface area (Å²) in [7, 11) is 0. The number of hydrogen-bond acceptors (Lipinski definition) is 4. The summed E-state index contributed by atoms with van der Waals surface area (Å²) in [6, 6.07) is 7.77. The number of rotatable bonds is 9. The minimum Gasteiger partial charge on any atom is -0.477 e. The predicted octanol–water partition coefficient (Wildman–Crippen LogP) is 3.42. The van der Waals surface area contributed by atoms with Gasteiger partial charge < -0.3 is 15.2 Å². The predicted molar refractivity (Wildman–Crippen MR) is 101 cm³/mol. The van der Waals surface area contributed by atoms with E-state index in [4.69, 9.17) is 4.74 Å². The van der Waals surface area contributed by atoms with E-state index in [0.717, 1.165) is 24.8 Å². The molecule has 1 heterocycles. The van der Waals surface area contributed by atoms with Crippen molar-refractivity contribution in [1.29, 1.82) is 0 Å². The first-order chi connectivity index (χ1) is 13.1. The first kappa shape index (κ1) is 19.3. The van der Waals surface area contributed by atoms with E-state index >= 15 is 0 Å². The maximum absolute atomic E-state index is 13.2. The number of carbonyl (C=O) groups is 1. The Labute approximate surface area is 158 Å². The Morgan fingerprint density at radius 2 is 2.07 bits per heavy atom. The van der Waals surface area contributed by atoms with Crippen LogP contribution in [-0.4, -0.2) is 35.8 Å². The van der Waals surface area contributed by atoms with Crippen LogP contribution >= 0.6 is 0 Å². The van der Waals surface area contributed by atoms with Crippen LogP contribution in [0, 0.1) is 17.7 Å². The van der Waals surface area contributed by atoms with Gasteiger partial charge in [-0.3, -0.25) is 4.79 Å². The lowest BCUT2D eigenvalue weighted by atomic mass is 10.0. The van der Waals surface area contributed by atoms with Crippen molar-refractivity contribution in [2.45, 2.75) is 26.2 Å². The summed E-state index contributed by atoms with van der Waals surface area (Å²) >= 11 is 0. The monoisotopic (exact) mass is 372 g/mol. The normalized spacial score (nSPS) is 14.6. The highest BCUT2D eigenvalue weighted by atomic mass is 19.1. The molecular formula is C21H25FN2O3. The largest absolute Gasteiger partial charge is 0.477 e. The van der Waals surface area contributed by atoms with Crippen LogP contribution in [-0.2, 0) is 0 Å². The highest BCUT2D eigenvalue weighted by molar-refractivity contribution is 5.97. The number of aliphatic hydroxyl groups excluding tert-OH is 1. The van der Waals surface area contributed by atoms with Gasteiger partial charge in [0.2, 0.25) is 5.88 Å². The van der Waals surface area contributed by atoms with E-state index in [1.165, 1.54) is 12.1 Å². The molecular weight excluding hydrogens is 347 g/mol. The fourth-order valence-electron chi connectivity index (χ4n) is 2.68. The molecule has 5 nitrogen and oxygen atoms in total. The number of hydrogen-bond donors (Lipinski definition) is 2. The number of pyridine rings is 1. The molecule has 1 aliphatic rings. The molecule has 0 saturated heterocycles. The van der Waals surface area contributed by atoms with E-state index in [9.17, 15) is 14.3 Å². The standard InChI is InChI=1S/C21H25FN2O3/c1-2-14(12-25)10-23-20(26)19-9-17(16-5-7-18(22)8-6-16)11-24-21(19)27-13-15-3-4-15/h5-9,11,14-15,25H,2-4,10,12-13H2,1H3,(H,23,26). The highest BCUT2D eigenvalue weighted by Gasteiger charge is 2.24.